The Kier molecular flexibility index (Phi) is 6.77. The van der Waals surface area contributed by atoms with E-state index in [9.17, 15) is 4.79 Å². The van der Waals surface area contributed by atoms with E-state index in [1.165, 1.54) is 11.3 Å². The lowest BCUT2D eigenvalue weighted by Crippen LogP contribution is -2.25. The van der Waals surface area contributed by atoms with Crippen LogP contribution in [0.1, 0.15) is 5.82 Å². The van der Waals surface area contributed by atoms with Crippen LogP contribution in [0.3, 0.4) is 0 Å². The van der Waals surface area contributed by atoms with E-state index in [-0.39, 0.29) is 5.56 Å². The van der Waals surface area contributed by atoms with Crippen LogP contribution in [-0.2, 0) is 6.54 Å². The molecule has 5 aromatic rings. The van der Waals surface area contributed by atoms with E-state index in [0.717, 1.165) is 25.3 Å². The minimum atomic E-state index is -0.174. The van der Waals surface area contributed by atoms with E-state index in [4.69, 9.17) is 28.2 Å². The van der Waals surface area contributed by atoms with Gasteiger partial charge in [0.2, 0.25) is 0 Å². The lowest BCUT2D eigenvalue weighted by atomic mass is 10.2. The molecule has 0 unspecified atom stereocenters. The molecule has 2 aromatic heterocycles. The maximum absolute atomic E-state index is 13.6. The molecule has 0 amide bonds. The molecular weight excluding hydrogens is 623 g/mol. The fourth-order valence-corrected chi connectivity index (χ4v) is 5.78. The number of anilines is 1. The highest BCUT2D eigenvalue weighted by Gasteiger charge is 2.16. The summed E-state index contributed by atoms with van der Waals surface area (Å²) in [6.45, 7) is 0.296. The highest BCUT2D eigenvalue weighted by atomic mass is 79.9. The average molecular weight is 637 g/mol. The Balaban J connectivity index is 1.54. The molecule has 0 atom stereocenters. The van der Waals surface area contributed by atoms with Crippen LogP contribution in [0.15, 0.2) is 79.8 Å². The Hall–Kier alpha value is -2.23. The number of benzene rings is 3. The lowest BCUT2D eigenvalue weighted by molar-refractivity contribution is 0.838. The molecule has 0 fully saturated rings. The summed E-state index contributed by atoms with van der Waals surface area (Å²) in [7, 11) is 0. The molecule has 0 saturated heterocycles. The van der Waals surface area contributed by atoms with Crippen molar-refractivity contribution in [2.24, 2.45) is 0 Å². The summed E-state index contributed by atoms with van der Waals surface area (Å²) >= 11 is 20.6. The molecule has 0 spiro atoms. The van der Waals surface area contributed by atoms with Crippen molar-refractivity contribution in [2.75, 3.05) is 5.32 Å². The molecule has 34 heavy (non-hydrogen) atoms. The molecule has 5 nitrogen and oxygen atoms in total. The van der Waals surface area contributed by atoms with Gasteiger partial charge in [-0.1, -0.05) is 51.3 Å². The van der Waals surface area contributed by atoms with Crippen LogP contribution < -0.4 is 10.9 Å². The third-order valence-corrected chi connectivity index (χ3v) is 7.45. The summed E-state index contributed by atoms with van der Waals surface area (Å²) in [5.74, 6) is 0.547. The Morgan fingerprint density at radius 2 is 1.62 bits per heavy atom. The summed E-state index contributed by atoms with van der Waals surface area (Å²) < 4.78 is 3.12. The Bertz CT molecular complexity index is 1570. The lowest BCUT2D eigenvalue weighted by Gasteiger charge is -2.15. The maximum Gasteiger partial charge on any atom is 0.266 e. The molecule has 0 aliphatic heterocycles. The van der Waals surface area contributed by atoms with Crippen LogP contribution in [0.4, 0.5) is 5.13 Å². The normalized spacial score (nSPS) is 11.2. The Morgan fingerprint density at radius 1 is 0.941 bits per heavy atom. The molecule has 5 rings (SSSR count). The third kappa shape index (κ3) is 4.78. The van der Waals surface area contributed by atoms with E-state index in [0.29, 0.717) is 39.0 Å². The fraction of sp³-hybridized carbons (Fsp3) is 0.0417. The monoisotopic (exact) mass is 634 g/mol. The zero-order chi connectivity index (χ0) is 23.8. The van der Waals surface area contributed by atoms with Gasteiger partial charge in [0, 0.05) is 29.9 Å². The van der Waals surface area contributed by atoms with Crippen molar-refractivity contribution in [2.45, 2.75) is 6.54 Å². The van der Waals surface area contributed by atoms with Gasteiger partial charge in [0.05, 0.1) is 28.8 Å². The molecule has 0 saturated carbocycles. The molecule has 170 valence electrons. The van der Waals surface area contributed by atoms with E-state index in [1.807, 2.05) is 35.7 Å². The molecule has 1 N–H and O–H groups in total. The number of hydrogen-bond acceptors (Lipinski definition) is 5. The molecule has 0 aliphatic rings. The SMILES string of the molecule is O=c1c2cc(Br)cc(Br)c2nc(CNc2nc(-c3ccc(Cl)cc3)cs2)n1-c1ccc(Cl)cc1. The average Bonchev–Trinajstić information content (AvgIpc) is 3.29. The topological polar surface area (TPSA) is 59.8 Å². The zero-order valence-corrected chi connectivity index (χ0v) is 22.7. The minimum Gasteiger partial charge on any atom is -0.354 e. The largest absolute Gasteiger partial charge is 0.354 e. The first kappa shape index (κ1) is 23.5. The number of nitrogens with one attached hydrogen (secondary N) is 1. The highest BCUT2D eigenvalue weighted by Crippen LogP contribution is 2.28. The van der Waals surface area contributed by atoms with Crippen LogP contribution in [0, 0.1) is 0 Å². The molecule has 0 aliphatic carbocycles. The van der Waals surface area contributed by atoms with Crippen LogP contribution in [0.25, 0.3) is 27.8 Å². The number of halogens is 4. The van der Waals surface area contributed by atoms with Gasteiger partial charge in [-0.15, -0.1) is 11.3 Å². The molecule has 3 aromatic carbocycles. The molecule has 10 heteroatoms. The summed E-state index contributed by atoms with van der Waals surface area (Å²) in [6, 6.07) is 18.3. The van der Waals surface area contributed by atoms with Gasteiger partial charge in [-0.2, -0.15) is 0 Å². The molecule has 0 radical (unpaired) electrons. The minimum absolute atomic E-state index is 0.174. The zero-order valence-electron chi connectivity index (χ0n) is 17.2. The van der Waals surface area contributed by atoms with E-state index in [2.05, 4.69) is 42.2 Å². The number of hydrogen-bond donors (Lipinski definition) is 1. The van der Waals surface area contributed by atoms with Crippen molar-refractivity contribution in [3.8, 4) is 16.9 Å². The predicted octanol–water partition coefficient (Wildman–Crippen LogP) is 7.95. The van der Waals surface area contributed by atoms with Gasteiger partial charge in [0.25, 0.3) is 5.56 Å². The summed E-state index contributed by atoms with van der Waals surface area (Å²) in [4.78, 5) is 23.1. The van der Waals surface area contributed by atoms with Crippen molar-refractivity contribution in [1.29, 1.82) is 0 Å². The second-order valence-electron chi connectivity index (χ2n) is 7.33. The van der Waals surface area contributed by atoms with Gasteiger partial charge in [-0.05, 0) is 64.5 Å². The summed E-state index contributed by atoms with van der Waals surface area (Å²) in [5.41, 5.74) is 2.92. The standard InChI is InChI=1S/C24H14Br2Cl2N4OS/c25-14-9-18-22(19(26)10-14)31-21(32(23(18)33)17-7-5-16(28)6-8-17)11-29-24-30-20(12-34-24)13-1-3-15(27)4-2-13/h1-10,12H,11H2,(H,29,30). The fourth-order valence-electron chi connectivity index (χ4n) is 3.50. The second kappa shape index (κ2) is 9.79. The van der Waals surface area contributed by atoms with Crippen molar-refractivity contribution in [1.82, 2.24) is 14.5 Å². The van der Waals surface area contributed by atoms with Gasteiger partial charge in [0.1, 0.15) is 5.82 Å². The highest BCUT2D eigenvalue weighted by molar-refractivity contribution is 9.11. The number of aromatic nitrogens is 3. The van der Waals surface area contributed by atoms with Gasteiger partial charge < -0.3 is 5.32 Å². The first-order valence-corrected chi connectivity index (χ1v) is 13.2. The van der Waals surface area contributed by atoms with Crippen LogP contribution in [0.2, 0.25) is 10.0 Å². The molecule has 0 bridgehead atoms. The van der Waals surface area contributed by atoms with Crippen LogP contribution >= 0.6 is 66.4 Å². The van der Waals surface area contributed by atoms with Gasteiger partial charge in [-0.3, -0.25) is 9.36 Å². The summed E-state index contributed by atoms with van der Waals surface area (Å²) in [6.07, 6.45) is 0. The smallest absolute Gasteiger partial charge is 0.266 e. The number of fused-ring (bicyclic) bond motifs is 1. The molecule has 2 heterocycles. The van der Waals surface area contributed by atoms with Crippen molar-refractivity contribution in [3.05, 3.63) is 101 Å². The van der Waals surface area contributed by atoms with E-state index in [1.54, 1.807) is 34.9 Å². The number of nitrogens with zero attached hydrogens (tertiary/aromatic N) is 3. The quantitative estimate of drug-likeness (QED) is 0.213. The van der Waals surface area contributed by atoms with Gasteiger partial charge >= 0.3 is 0 Å². The van der Waals surface area contributed by atoms with Crippen molar-refractivity contribution >= 4 is 82.4 Å². The van der Waals surface area contributed by atoms with Gasteiger partial charge in [0.15, 0.2) is 5.13 Å². The maximum atomic E-state index is 13.6. The van der Waals surface area contributed by atoms with Crippen LogP contribution in [-0.4, -0.2) is 14.5 Å². The van der Waals surface area contributed by atoms with Crippen molar-refractivity contribution < 1.29 is 0 Å². The van der Waals surface area contributed by atoms with E-state index < -0.39 is 0 Å². The van der Waals surface area contributed by atoms with Crippen LogP contribution in [0.5, 0.6) is 0 Å². The first-order valence-electron chi connectivity index (χ1n) is 10.0. The first-order chi connectivity index (χ1) is 16.4. The third-order valence-electron chi connectivity index (χ3n) is 5.09. The summed E-state index contributed by atoms with van der Waals surface area (Å²) in [5, 5.41) is 7.78. The second-order valence-corrected chi connectivity index (χ2v) is 10.8. The Labute approximate surface area is 225 Å². The predicted molar refractivity (Wildman–Crippen MR) is 148 cm³/mol. The van der Waals surface area contributed by atoms with Crippen molar-refractivity contribution in [3.63, 3.8) is 0 Å². The Morgan fingerprint density at radius 3 is 2.32 bits per heavy atom. The molecular formula is C24H14Br2Cl2N4OS. The number of rotatable bonds is 5. The van der Waals surface area contributed by atoms with E-state index >= 15 is 0 Å². The van der Waals surface area contributed by atoms with Gasteiger partial charge in [-0.25, -0.2) is 9.97 Å². The number of thiazole rings is 1.